The maximum atomic E-state index is 11.9. The maximum absolute atomic E-state index is 11.9. The van der Waals surface area contributed by atoms with Crippen molar-refractivity contribution in [3.63, 3.8) is 0 Å². The van der Waals surface area contributed by atoms with Gasteiger partial charge in [-0.15, -0.1) is 0 Å². The Morgan fingerprint density at radius 2 is 2.05 bits per heavy atom. The van der Waals surface area contributed by atoms with Crippen LogP contribution in [0.4, 0.5) is 5.69 Å². The molecule has 6 heteroatoms. The quantitative estimate of drug-likeness (QED) is 0.441. The topological polar surface area (TPSA) is 86.6 Å². The number of ether oxygens (including phenoxy) is 3. The molecule has 0 unspecified atom stereocenters. The summed E-state index contributed by atoms with van der Waals surface area (Å²) in [5.74, 6) is -0.398. The number of carbonyl (C=O) groups excluding carboxylic acids is 1. The number of aromatic amines is 1. The van der Waals surface area contributed by atoms with E-state index in [0.29, 0.717) is 31.2 Å². The van der Waals surface area contributed by atoms with Crippen molar-refractivity contribution in [2.45, 2.75) is 6.42 Å². The Morgan fingerprint density at radius 3 is 2.86 bits per heavy atom. The molecule has 0 aliphatic carbocycles. The van der Waals surface area contributed by atoms with Gasteiger partial charge >= 0.3 is 5.97 Å². The summed E-state index contributed by atoms with van der Waals surface area (Å²) < 4.78 is 15.4. The van der Waals surface area contributed by atoms with E-state index < -0.39 is 5.97 Å². The number of aromatic nitrogens is 1. The van der Waals surface area contributed by atoms with Crippen LogP contribution in [0.2, 0.25) is 0 Å². The molecule has 0 spiro atoms. The minimum atomic E-state index is -0.398. The van der Waals surface area contributed by atoms with Crippen LogP contribution in [0.15, 0.2) is 24.3 Å². The summed E-state index contributed by atoms with van der Waals surface area (Å²) in [6.07, 6.45) is 0.827. The standard InChI is InChI=1S/C15H20N2O4/c1-19-5-2-6-20-7-8-21-15(18)14-10-11-9-12(16)3-4-13(11)17-14/h3-4,9-10,17H,2,5-8,16H2,1H3. The zero-order valence-corrected chi connectivity index (χ0v) is 12.1. The first-order valence-electron chi connectivity index (χ1n) is 6.83. The monoisotopic (exact) mass is 292 g/mol. The van der Waals surface area contributed by atoms with Crippen molar-refractivity contribution in [2.24, 2.45) is 0 Å². The lowest BCUT2D eigenvalue weighted by Gasteiger charge is -2.05. The first-order valence-corrected chi connectivity index (χ1v) is 6.83. The number of rotatable bonds is 8. The van der Waals surface area contributed by atoms with E-state index in [1.807, 2.05) is 12.1 Å². The number of nitrogens with two attached hydrogens (primary N) is 1. The minimum absolute atomic E-state index is 0.226. The normalized spacial score (nSPS) is 10.9. The van der Waals surface area contributed by atoms with Crippen LogP contribution in [0.3, 0.4) is 0 Å². The Hall–Kier alpha value is -2.05. The summed E-state index contributed by atoms with van der Waals surface area (Å²) in [6.45, 7) is 1.86. The Labute approximate surface area is 123 Å². The van der Waals surface area contributed by atoms with Gasteiger partial charge in [0.1, 0.15) is 12.3 Å². The average molecular weight is 292 g/mol. The van der Waals surface area contributed by atoms with E-state index in [9.17, 15) is 4.79 Å². The molecule has 0 atom stereocenters. The number of esters is 1. The van der Waals surface area contributed by atoms with E-state index in [4.69, 9.17) is 19.9 Å². The molecule has 3 N–H and O–H groups in total. The molecule has 114 valence electrons. The molecular weight excluding hydrogens is 272 g/mol. The largest absolute Gasteiger partial charge is 0.459 e. The van der Waals surface area contributed by atoms with Gasteiger partial charge in [0, 0.05) is 36.9 Å². The summed E-state index contributed by atoms with van der Waals surface area (Å²) in [7, 11) is 1.65. The van der Waals surface area contributed by atoms with Crippen molar-refractivity contribution in [3.8, 4) is 0 Å². The predicted molar refractivity (Wildman–Crippen MR) is 80.3 cm³/mol. The highest BCUT2D eigenvalue weighted by molar-refractivity contribution is 5.95. The van der Waals surface area contributed by atoms with Gasteiger partial charge in [-0.3, -0.25) is 0 Å². The van der Waals surface area contributed by atoms with Crippen molar-refractivity contribution in [2.75, 3.05) is 39.3 Å². The molecule has 0 radical (unpaired) electrons. The van der Waals surface area contributed by atoms with Gasteiger partial charge in [-0.05, 0) is 30.7 Å². The molecule has 1 heterocycles. The summed E-state index contributed by atoms with van der Waals surface area (Å²) in [5.41, 5.74) is 7.63. The third-order valence-electron chi connectivity index (χ3n) is 2.96. The van der Waals surface area contributed by atoms with Gasteiger partial charge < -0.3 is 24.9 Å². The third-order valence-corrected chi connectivity index (χ3v) is 2.96. The number of carbonyl (C=O) groups is 1. The summed E-state index contributed by atoms with van der Waals surface area (Å²) >= 11 is 0. The van der Waals surface area contributed by atoms with Crippen LogP contribution >= 0.6 is 0 Å². The average Bonchev–Trinajstić information content (AvgIpc) is 2.89. The summed E-state index contributed by atoms with van der Waals surface area (Å²) in [5, 5.41) is 0.887. The Balaban J connectivity index is 1.77. The van der Waals surface area contributed by atoms with E-state index in [-0.39, 0.29) is 6.61 Å². The lowest BCUT2D eigenvalue weighted by Crippen LogP contribution is -2.12. The first kappa shape index (κ1) is 15.3. The molecule has 0 aliphatic rings. The number of methoxy groups -OCH3 is 1. The van der Waals surface area contributed by atoms with Gasteiger partial charge in [0.05, 0.1) is 6.61 Å². The Morgan fingerprint density at radius 1 is 1.19 bits per heavy atom. The van der Waals surface area contributed by atoms with Crippen molar-refractivity contribution in [1.29, 1.82) is 0 Å². The highest BCUT2D eigenvalue weighted by Gasteiger charge is 2.10. The number of hydrogen-bond donors (Lipinski definition) is 2. The molecule has 2 rings (SSSR count). The zero-order chi connectivity index (χ0) is 15.1. The van der Waals surface area contributed by atoms with E-state index in [1.165, 1.54) is 0 Å². The predicted octanol–water partition coefficient (Wildman–Crippen LogP) is 1.96. The van der Waals surface area contributed by atoms with E-state index in [2.05, 4.69) is 4.98 Å². The van der Waals surface area contributed by atoms with Gasteiger partial charge in [0.25, 0.3) is 0 Å². The fourth-order valence-electron chi connectivity index (χ4n) is 1.94. The summed E-state index contributed by atoms with van der Waals surface area (Å²) in [6, 6.07) is 7.15. The number of hydrogen-bond acceptors (Lipinski definition) is 5. The van der Waals surface area contributed by atoms with Crippen LogP contribution in [0.25, 0.3) is 10.9 Å². The van der Waals surface area contributed by atoms with Crippen LogP contribution in [-0.2, 0) is 14.2 Å². The molecule has 0 fully saturated rings. The Bertz CT molecular complexity index is 594. The lowest BCUT2D eigenvalue weighted by atomic mass is 10.2. The SMILES string of the molecule is COCCCOCCOC(=O)c1cc2cc(N)ccc2[nH]1. The van der Waals surface area contributed by atoms with Crippen LogP contribution in [0, 0.1) is 0 Å². The van der Waals surface area contributed by atoms with Crippen LogP contribution < -0.4 is 5.73 Å². The van der Waals surface area contributed by atoms with Crippen LogP contribution in [0.1, 0.15) is 16.9 Å². The third kappa shape index (κ3) is 4.47. The molecule has 6 nitrogen and oxygen atoms in total. The number of anilines is 1. The molecule has 1 aromatic heterocycles. The second-order valence-corrected chi connectivity index (χ2v) is 4.62. The molecule has 0 bridgehead atoms. The lowest BCUT2D eigenvalue weighted by molar-refractivity contribution is 0.0283. The molecule has 1 aromatic carbocycles. The van der Waals surface area contributed by atoms with E-state index >= 15 is 0 Å². The summed E-state index contributed by atoms with van der Waals surface area (Å²) in [4.78, 5) is 14.9. The van der Waals surface area contributed by atoms with Gasteiger partial charge in [0.2, 0.25) is 0 Å². The highest BCUT2D eigenvalue weighted by Crippen LogP contribution is 2.18. The number of H-pyrrole nitrogens is 1. The van der Waals surface area contributed by atoms with Crippen molar-refractivity contribution >= 4 is 22.6 Å². The first-order chi connectivity index (χ1) is 10.2. The number of fused-ring (bicyclic) bond motifs is 1. The second kappa shape index (κ2) is 7.66. The fraction of sp³-hybridized carbons (Fsp3) is 0.400. The molecule has 2 aromatic rings. The molecule has 0 saturated carbocycles. The van der Waals surface area contributed by atoms with Crippen molar-refractivity contribution < 1.29 is 19.0 Å². The second-order valence-electron chi connectivity index (χ2n) is 4.62. The number of nitrogen functional groups attached to an aromatic ring is 1. The minimum Gasteiger partial charge on any atom is -0.459 e. The Kier molecular flexibility index (Phi) is 5.59. The molecule has 0 amide bonds. The van der Waals surface area contributed by atoms with Gasteiger partial charge in [-0.2, -0.15) is 0 Å². The maximum Gasteiger partial charge on any atom is 0.354 e. The van der Waals surface area contributed by atoms with Gasteiger partial charge in [0.15, 0.2) is 0 Å². The van der Waals surface area contributed by atoms with Crippen LogP contribution in [0.5, 0.6) is 0 Å². The zero-order valence-electron chi connectivity index (χ0n) is 12.1. The molecule has 0 saturated heterocycles. The fourth-order valence-corrected chi connectivity index (χ4v) is 1.94. The van der Waals surface area contributed by atoms with Gasteiger partial charge in [-0.25, -0.2) is 4.79 Å². The van der Waals surface area contributed by atoms with Crippen LogP contribution in [-0.4, -0.2) is 44.5 Å². The van der Waals surface area contributed by atoms with E-state index in [1.54, 1.807) is 19.2 Å². The van der Waals surface area contributed by atoms with Crippen molar-refractivity contribution in [1.82, 2.24) is 4.98 Å². The molecular formula is C15H20N2O4. The molecule has 21 heavy (non-hydrogen) atoms. The highest BCUT2D eigenvalue weighted by atomic mass is 16.6. The molecule has 0 aliphatic heterocycles. The van der Waals surface area contributed by atoms with Gasteiger partial charge in [-0.1, -0.05) is 0 Å². The van der Waals surface area contributed by atoms with E-state index in [0.717, 1.165) is 17.3 Å². The smallest absolute Gasteiger partial charge is 0.354 e. The number of nitrogens with one attached hydrogen (secondary N) is 1. The number of benzene rings is 1. The van der Waals surface area contributed by atoms with Crippen molar-refractivity contribution in [3.05, 3.63) is 30.0 Å².